The number of rotatable bonds is 5. The lowest BCUT2D eigenvalue weighted by Crippen LogP contribution is -2.27. The van der Waals surface area contributed by atoms with Crippen LogP contribution in [0.5, 0.6) is 11.5 Å². The second-order valence-corrected chi connectivity index (χ2v) is 7.71. The molecule has 5 heteroatoms. The van der Waals surface area contributed by atoms with Gasteiger partial charge in [0.25, 0.3) is 0 Å². The van der Waals surface area contributed by atoms with Gasteiger partial charge >= 0.3 is 5.63 Å². The quantitative estimate of drug-likeness (QED) is 0.676. The predicted molar refractivity (Wildman–Crippen MR) is 108 cm³/mol. The van der Waals surface area contributed by atoms with Crippen molar-refractivity contribution in [2.24, 2.45) is 0 Å². The Balaban J connectivity index is 2.05. The van der Waals surface area contributed by atoms with E-state index in [1.807, 2.05) is 19.1 Å². The summed E-state index contributed by atoms with van der Waals surface area (Å²) in [5.74, 6) is 1.10. The minimum absolute atomic E-state index is 0.0404. The summed E-state index contributed by atoms with van der Waals surface area (Å²) >= 11 is 0. The Bertz CT molecular complexity index is 1010. The maximum absolute atomic E-state index is 12.9. The summed E-state index contributed by atoms with van der Waals surface area (Å²) in [6, 6.07) is 1.54. The molecule has 2 unspecified atom stereocenters. The van der Waals surface area contributed by atoms with Crippen LogP contribution in [-0.4, -0.2) is 18.0 Å². The Kier molecular flexibility index (Phi) is 5.00. The number of ether oxygens (including phenoxy) is 2. The number of carbonyl (C=O) groups is 1. The molecule has 0 bridgehead atoms. The summed E-state index contributed by atoms with van der Waals surface area (Å²) in [6.07, 6.45) is 8.61. The third-order valence-electron chi connectivity index (χ3n) is 5.40. The zero-order valence-corrected chi connectivity index (χ0v) is 16.7. The first-order chi connectivity index (χ1) is 13.5. The van der Waals surface area contributed by atoms with E-state index < -0.39 is 5.63 Å². The van der Waals surface area contributed by atoms with Crippen molar-refractivity contribution in [3.63, 3.8) is 0 Å². The van der Waals surface area contributed by atoms with Gasteiger partial charge in [0.05, 0.1) is 10.9 Å². The van der Waals surface area contributed by atoms with Gasteiger partial charge in [0.1, 0.15) is 29.3 Å². The standard InChI is InChI=1S/C23H26O5/c1-4-6-8-14-12-18(25)28-23-19(14)21-16(10-9-15(27-21)7-5-2)22-20(23)17(24)11-13(3)26-22/h9-10,12-13,15H,4-8,11H2,1-3H3. The molecule has 3 heterocycles. The van der Waals surface area contributed by atoms with Gasteiger partial charge in [0, 0.05) is 12.5 Å². The third-order valence-corrected chi connectivity index (χ3v) is 5.40. The topological polar surface area (TPSA) is 65.7 Å². The van der Waals surface area contributed by atoms with Crippen LogP contribution in [0.25, 0.3) is 17.0 Å². The normalized spacial score (nSPS) is 20.5. The molecular weight excluding hydrogens is 356 g/mol. The van der Waals surface area contributed by atoms with E-state index in [9.17, 15) is 9.59 Å². The zero-order valence-electron chi connectivity index (χ0n) is 16.7. The minimum atomic E-state index is -0.441. The highest BCUT2D eigenvalue weighted by Crippen LogP contribution is 2.47. The van der Waals surface area contributed by atoms with Crippen molar-refractivity contribution >= 4 is 22.8 Å². The third kappa shape index (κ3) is 3.13. The Morgan fingerprint density at radius 1 is 1.11 bits per heavy atom. The molecule has 0 radical (unpaired) electrons. The number of ketones is 1. The summed E-state index contributed by atoms with van der Waals surface area (Å²) < 4.78 is 18.0. The lowest BCUT2D eigenvalue weighted by atomic mass is 9.90. The van der Waals surface area contributed by atoms with E-state index in [1.165, 1.54) is 6.07 Å². The van der Waals surface area contributed by atoms with Crippen LogP contribution in [0, 0.1) is 0 Å². The average molecular weight is 382 g/mol. The van der Waals surface area contributed by atoms with Crippen molar-refractivity contribution in [2.75, 3.05) is 0 Å². The van der Waals surface area contributed by atoms with Gasteiger partial charge in [0.2, 0.25) is 0 Å². The molecule has 0 amide bonds. The average Bonchev–Trinajstić information content (AvgIpc) is 2.65. The molecule has 5 nitrogen and oxygen atoms in total. The minimum Gasteiger partial charge on any atom is -0.489 e. The van der Waals surface area contributed by atoms with Crippen molar-refractivity contribution in [2.45, 2.75) is 71.5 Å². The van der Waals surface area contributed by atoms with E-state index in [0.29, 0.717) is 22.6 Å². The SMILES string of the molecule is CCCCc1cc(=O)oc2c3c(c4c(c12)OC(CCC)C=C4)OC(C)CC3=O. The van der Waals surface area contributed by atoms with Gasteiger partial charge < -0.3 is 13.9 Å². The highest BCUT2D eigenvalue weighted by Gasteiger charge is 2.35. The second kappa shape index (κ2) is 7.46. The number of hydrogen-bond donors (Lipinski definition) is 0. The number of unbranched alkanes of at least 4 members (excludes halogenated alkanes) is 1. The monoisotopic (exact) mass is 382 g/mol. The van der Waals surface area contributed by atoms with Gasteiger partial charge in [-0.1, -0.05) is 26.7 Å². The van der Waals surface area contributed by atoms with E-state index in [0.717, 1.165) is 48.6 Å². The van der Waals surface area contributed by atoms with Crippen molar-refractivity contribution in [3.8, 4) is 11.5 Å². The predicted octanol–water partition coefficient (Wildman–Crippen LogP) is 5.06. The van der Waals surface area contributed by atoms with Crippen LogP contribution in [0.1, 0.15) is 74.4 Å². The van der Waals surface area contributed by atoms with E-state index in [1.54, 1.807) is 0 Å². The molecule has 0 N–H and O–H groups in total. The van der Waals surface area contributed by atoms with Gasteiger partial charge in [-0.15, -0.1) is 0 Å². The first kappa shape index (κ1) is 18.8. The molecule has 0 fully saturated rings. The second-order valence-electron chi connectivity index (χ2n) is 7.71. The molecule has 0 spiro atoms. The van der Waals surface area contributed by atoms with E-state index in [-0.39, 0.29) is 24.4 Å². The van der Waals surface area contributed by atoms with E-state index in [2.05, 4.69) is 13.8 Å². The van der Waals surface area contributed by atoms with Crippen molar-refractivity contribution < 1.29 is 18.7 Å². The Morgan fingerprint density at radius 2 is 1.93 bits per heavy atom. The Hall–Kier alpha value is -2.56. The number of fused-ring (bicyclic) bond motifs is 6. The van der Waals surface area contributed by atoms with Crippen LogP contribution >= 0.6 is 0 Å². The fraction of sp³-hybridized carbons (Fsp3) is 0.478. The molecule has 28 heavy (non-hydrogen) atoms. The summed E-state index contributed by atoms with van der Waals surface area (Å²) in [5, 5.41) is 0.749. The molecule has 148 valence electrons. The van der Waals surface area contributed by atoms with Crippen LogP contribution in [-0.2, 0) is 6.42 Å². The van der Waals surface area contributed by atoms with E-state index in [4.69, 9.17) is 13.9 Å². The molecule has 0 aliphatic carbocycles. The van der Waals surface area contributed by atoms with Crippen LogP contribution < -0.4 is 15.1 Å². The number of aryl methyl sites for hydroxylation is 1. The van der Waals surface area contributed by atoms with Gasteiger partial charge in [0.15, 0.2) is 11.4 Å². The molecule has 1 aromatic heterocycles. The van der Waals surface area contributed by atoms with Crippen LogP contribution in [0.2, 0.25) is 0 Å². The fourth-order valence-electron chi connectivity index (χ4n) is 4.10. The van der Waals surface area contributed by atoms with Crippen molar-refractivity contribution in [1.82, 2.24) is 0 Å². The van der Waals surface area contributed by atoms with Crippen molar-refractivity contribution in [3.05, 3.63) is 39.3 Å². The first-order valence-corrected chi connectivity index (χ1v) is 10.2. The van der Waals surface area contributed by atoms with Crippen LogP contribution in [0.3, 0.4) is 0 Å². The lowest BCUT2D eigenvalue weighted by molar-refractivity contribution is 0.0870. The highest BCUT2D eigenvalue weighted by molar-refractivity contribution is 6.13. The lowest BCUT2D eigenvalue weighted by Gasteiger charge is -2.30. The highest BCUT2D eigenvalue weighted by atomic mass is 16.5. The van der Waals surface area contributed by atoms with E-state index >= 15 is 0 Å². The maximum atomic E-state index is 12.9. The van der Waals surface area contributed by atoms with Gasteiger partial charge in [-0.25, -0.2) is 4.79 Å². The molecule has 0 saturated heterocycles. The molecular formula is C23H26O5. The Labute approximate surface area is 164 Å². The molecule has 2 aliphatic rings. The van der Waals surface area contributed by atoms with Crippen molar-refractivity contribution in [1.29, 1.82) is 0 Å². The first-order valence-electron chi connectivity index (χ1n) is 10.2. The molecule has 1 aromatic carbocycles. The van der Waals surface area contributed by atoms with Gasteiger partial charge in [-0.2, -0.15) is 0 Å². The van der Waals surface area contributed by atoms with Crippen LogP contribution in [0.4, 0.5) is 0 Å². The molecule has 4 rings (SSSR count). The Morgan fingerprint density at radius 3 is 2.68 bits per heavy atom. The number of benzene rings is 1. The molecule has 0 saturated carbocycles. The summed E-state index contributed by atoms with van der Waals surface area (Å²) in [4.78, 5) is 25.2. The molecule has 2 atom stereocenters. The number of Topliss-reactive ketones (excluding diaryl/α,β-unsaturated/α-hetero) is 1. The van der Waals surface area contributed by atoms with Gasteiger partial charge in [-0.3, -0.25) is 4.79 Å². The van der Waals surface area contributed by atoms with Gasteiger partial charge in [-0.05, 0) is 43.9 Å². The molecule has 2 aliphatic heterocycles. The fourth-order valence-corrected chi connectivity index (χ4v) is 4.10. The summed E-state index contributed by atoms with van der Waals surface area (Å²) in [6.45, 7) is 6.10. The summed E-state index contributed by atoms with van der Waals surface area (Å²) in [5.41, 5.74) is 1.91. The zero-order chi connectivity index (χ0) is 19.8. The number of carbonyl (C=O) groups excluding carboxylic acids is 1. The molecule has 2 aromatic rings. The smallest absolute Gasteiger partial charge is 0.336 e. The van der Waals surface area contributed by atoms with Crippen LogP contribution in [0.15, 0.2) is 21.4 Å². The number of hydrogen-bond acceptors (Lipinski definition) is 5. The summed E-state index contributed by atoms with van der Waals surface area (Å²) in [7, 11) is 0. The maximum Gasteiger partial charge on any atom is 0.336 e. The largest absolute Gasteiger partial charge is 0.489 e.